The van der Waals surface area contributed by atoms with Crippen molar-refractivity contribution >= 4 is 46.8 Å². The van der Waals surface area contributed by atoms with Gasteiger partial charge in [-0.25, -0.2) is 0 Å². The molecular formula is C32H60N4O8Zr. The van der Waals surface area contributed by atoms with Crippen LogP contribution in [0.3, 0.4) is 0 Å². The molecule has 0 bridgehead atoms. The number of nitrogens with zero attached hydrogens (tertiary/aromatic N) is 4. The molecule has 0 N–H and O–H groups in total. The van der Waals surface area contributed by atoms with Gasteiger partial charge in [0.1, 0.15) is 23.1 Å². The Morgan fingerprint density at radius 3 is 0.489 bits per heavy atom. The van der Waals surface area contributed by atoms with E-state index in [1.807, 2.05) is 55.4 Å². The number of hydrogen-bond donors (Lipinski definition) is 0. The van der Waals surface area contributed by atoms with E-state index >= 15 is 0 Å². The molecular weight excluding hydrogens is 660 g/mol. The van der Waals surface area contributed by atoms with Crippen LogP contribution < -0.4 is 0 Å². The van der Waals surface area contributed by atoms with Gasteiger partial charge < -0.3 is 19.6 Å². The van der Waals surface area contributed by atoms with E-state index in [-0.39, 0.29) is 98.6 Å². The Hall–Kier alpha value is -2.56. The van der Waals surface area contributed by atoms with E-state index in [2.05, 4.69) is 0 Å². The van der Waals surface area contributed by atoms with Crippen LogP contribution in [0.25, 0.3) is 0 Å². The summed E-state index contributed by atoms with van der Waals surface area (Å²) >= 11 is 0. The second-order valence-corrected chi connectivity index (χ2v) is 9.78. The number of amides is 4. The molecule has 0 rings (SSSR count). The molecule has 12 nitrogen and oxygen atoms in total. The smallest absolute Gasteiger partial charge is 0.229 e. The van der Waals surface area contributed by atoms with E-state index in [4.69, 9.17) is 0 Å². The minimum atomic E-state index is -0.0677. The summed E-state index contributed by atoms with van der Waals surface area (Å²) in [4.78, 5) is 93.3. The van der Waals surface area contributed by atoms with E-state index in [0.717, 1.165) is 0 Å². The molecule has 0 aromatic rings. The number of rotatable bonds is 16. The summed E-state index contributed by atoms with van der Waals surface area (Å²) in [6, 6.07) is 0. The van der Waals surface area contributed by atoms with Gasteiger partial charge in [0, 0.05) is 78.6 Å². The molecule has 0 aliphatic carbocycles. The van der Waals surface area contributed by atoms with Gasteiger partial charge in [-0.05, 0) is 83.1 Å². The Morgan fingerprint density at radius 2 is 0.422 bits per heavy atom. The van der Waals surface area contributed by atoms with Crippen molar-refractivity contribution in [3.8, 4) is 0 Å². The van der Waals surface area contributed by atoms with E-state index in [1.165, 1.54) is 27.7 Å². The van der Waals surface area contributed by atoms with Gasteiger partial charge >= 0.3 is 0 Å². The first-order valence-corrected chi connectivity index (χ1v) is 15.5. The van der Waals surface area contributed by atoms with Crippen LogP contribution in [0.2, 0.25) is 0 Å². The first kappa shape index (κ1) is 52.0. The summed E-state index contributed by atoms with van der Waals surface area (Å²) in [6.45, 7) is 26.4. The van der Waals surface area contributed by atoms with E-state index in [9.17, 15) is 38.4 Å². The Bertz CT molecular complexity index is 752. The van der Waals surface area contributed by atoms with Gasteiger partial charge in [-0.3, -0.25) is 38.4 Å². The monoisotopic (exact) mass is 718 g/mol. The molecule has 45 heavy (non-hydrogen) atoms. The van der Waals surface area contributed by atoms with Gasteiger partial charge in [0.15, 0.2) is 0 Å². The molecule has 0 unspecified atom stereocenters. The fraction of sp³-hybridized carbons (Fsp3) is 0.750. The average molecular weight is 720 g/mol. The van der Waals surface area contributed by atoms with Crippen LogP contribution in [0.5, 0.6) is 0 Å². The van der Waals surface area contributed by atoms with Crippen LogP contribution in [0.1, 0.15) is 109 Å². The molecule has 0 aromatic heterocycles. The molecule has 0 aromatic carbocycles. The van der Waals surface area contributed by atoms with Crippen molar-refractivity contribution in [2.24, 2.45) is 0 Å². The molecule has 0 aliphatic heterocycles. The van der Waals surface area contributed by atoms with Crippen LogP contribution in [0, 0.1) is 0 Å². The molecule has 4 amide bonds. The van der Waals surface area contributed by atoms with Crippen molar-refractivity contribution in [1.29, 1.82) is 0 Å². The Labute approximate surface area is 291 Å². The van der Waals surface area contributed by atoms with Crippen molar-refractivity contribution in [1.82, 2.24) is 19.6 Å². The molecule has 0 atom stereocenters. The third-order valence-electron chi connectivity index (χ3n) is 6.07. The average Bonchev–Trinajstić information content (AvgIpc) is 2.91. The largest absolute Gasteiger partial charge is 0.343 e. The number of Topliss-reactive ketones (excluding diaryl/α,β-unsaturated/α-hetero) is 4. The maximum Gasteiger partial charge on any atom is 0.229 e. The molecule has 0 heterocycles. The molecule has 0 aliphatic rings. The summed E-state index contributed by atoms with van der Waals surface area (Å²) in [7, 11) is 0. The third-order valence-corrected chi connectivity index (χ3v) is 6.07. The molecule has 0 fully saturated rings. The summed E-state index contributed by atoms with van der Waals surface area (Å²) in [5, 5.41) is 0. The number of carbonyl (C=O) groups is 8. The van der Waals surface area contributed by atoms with Crippen molar-refractivity contribution in [3.05, 3.63) is 0 Å². The SMILES string of the molecule is CCN(CC)C(=O)CC(C)=O.CCN(CC)C(=O)CC(C)=O.CCN(CC)C(=O)CC(C)=O.CCN(CC)C(=O)CC(C)=O.[Zr]. The fourth-order valence-corrected chi connectivity index (χ4v) is 3.60. The minimum absolute atomic E-state index is 0. The van der Waals surface area contributed by atoms with Crippen molar-refractivity contribution < 1.29 is 64.6 Å². The van der Waals surface area contributed by atoms with Crippen molar-refractivity contribution in [2.45, 2.75) is 109 Å². The first-order chi connectivity index (χ1) is 20.5. The van der Waals surface area contributed by atoms with Crippen molar-refractivity contribution in [2.75, 3.05) is 52.4 Å². The summed E-state index contributed by atoms with van der Waals surface area (Å²) in [5.74, 6) is -0.539. The molecule has 13 heteroatoms. The van der Waals surface area contributed by atoms with Gasteiger partial charge in [-0.15, -0.1) is 0 Å². The predicted molar refractivity (Wildman–Crippen MR) is 173 cm³/mol. The van der Waals surface area contributed by atoms with E-state index < -0.39 is 0 Å². The standard InChI is InChI=1S/4C8H15NO2.Zr/c4*1-4-9(5-2)8(11)6-7(3)10;/h4*4-6H2,1-3H3;. The summed E-state index contributed by atoms with van der Waals surface area (Å²) < 4.78 is 0. The molecule has 0 spiro atoms. The fourth-order valence-electron chi connectivity index (χ4n) is 3.60. The Balaban J connectivity index is -0.000000157. The predicted octanol–water partition coefficient (Wildman–Crippen LogP) is 3.33. The zero-order valence-electron chi connectivity index (χ0n) is 30.0. The van der Waals surface area contributed by atoms with Gasteiger partial charge in [0.2, 0.25) is 23.6 Å². The van der Waals surface area contributed by atoms with Gasteiger partial charge in [-0.1, -0.05) is 0 Å². The van der Waals surface area contributed by atoms with Crippen LogP contribution in [0.4, 0.5) is 0 Å². The first-order valence-electron chi connectivity index (χ1n) is 15.5. The Kier molecular flexibility index (Phi) is 37.9. The topological polar surface area (TPSA) is 150 Å². The second kappa shape index (κ2) is 32.8. The van der Waals surface area contributed by atoms with E-state index in [1.54, 1.807) is 19.6 Å². The molecule has 260 valence electrons. The maximum absolute atomic E-state index is 11.1. The summed E-state index contributed by atoms with van der Waals surface area (Å²) in [6.07, 6.45) is 0.173. The third kappa shape index (κ3) is 31.2. The van der Waals surface area contributed by atoms with Gasteiger partial charge in [0.25, 0.3) is 0 Å². The van der Waals surface area contributed by atoms with Crippen LogP contribution in [-0.4, -0.2) is 119 Å². The zero-order valence-corrected chi connectivity index (χ0v) is 32.5. The number of carbonyl (C=O) groups excluding carboxylic acids is 8. The number of hydrogen-bond acceptors (Lipinski definition) is 8. The Morgan fingerprint density at radius 1 is 0.311 bits per heavy atom. The number of ketones is 4. The second-order valence-electron chi connectivity index (χ2n) is 9.78. The van der Waals surface area contributed by atoms with Crippen LogP contribution in [-0.2, 0) is 64.6 Å². The molecule has 0 saturated carbocycles. The van der Waals surface area contributed by atoms with Crippen molar-refractivity contribution in [3.63, 3.8) is 0 Å². The van der Waals surface area contributed by atoms with Gasteiger partial charge in [-0.2, -0.15) is 0 Å². The maximum atomic E-state index is 11.1. The van der Waals surface area contributed by atoms with Gasteiger partial charge in [0.05, 0.1) is 25.7 Å². The summed E-state index contributed by atoms with van der Waals surface area (Å²) in [5.41, 5.74) is 0. The molecule has 0 saturated heterocycles. The van der Waals surface area contributed by atoms with E-state index in [0.29, 0.717) is 52.4 Å². The van der Waals surface area contributed by atoms with Crippen LogP contribution in [0.15, 0.2) is 0 Å². The quantitative estimate of drug-likeness (QED) is 0.221. The zero-order chi connectivity index (χ0) is 35.4. The van der Waals surface area contributed by atoms with Crippen LogP contribution >= 0.6 is 0 Å². The minimum Gasteiger partial charge on any atom is -0.343 e. The normalized spacial score (nSPS) is 9.16. The molecule has 0 radical (unpaired) electrons.